The van der Waals surface area contributed by atoms with Crippen LogP contribution in [0, 0.1) is 0 Å². The fraction of sp³-hybridized carbons (Fsp3) is 0.308. The van der Waals surface area contributed by atoms with Gasteiger partial charge in [0.2, 0.25) is 5.09 Å². The number of β-amino-alcohol motifs (C(OH)–C–C–N with tert-alkyl or cyclic N) is 1. The monoisotopic (exact) mass is 311 g/mol. The van der Waals surface area contributed by atoms with Crippen LogP contribution < -0.4 is 0 Å². The van der Waals surface area contributed by atoms with E-state index in [4.69, 9.17) is 9.52 Å². The van der Waals surface area contributed by atoms with Crippen molar-refractivity contribution in [1.82, 2.24) is 4.31 Å². The van der Waals surface area contributed by atoms with E-state index in [1.165, 1.54) is 6.07 Å². The lowest BCUT2D eigenvalue weighted by Crippen LogP contribution is -2.40. The number of carboxylic acids is 1. The lowest BCUT2D eigenvalue weighted by atomic mass is 10.2. The summed E-state index contributed by atoms with van der Waals surface area (Å²) in [5, 5.41) is 19.0. The third-order valence-electron chi connectivity index (χ3n) is 3.48. The Balaban J connectivity index is 2.05. The van der Waals surface area contributed by atoms with Crippen molar-refractivity contribution in [3.8, 4) is 0 Å². The summed E-state index contributed by atoms with van der Waals surface area (Å²) in [5.41, 5.74) is 0.405. The maximum absolute atomic E-state index is 12.5. The molecule has 2 aromatic rings. The zero-order chi connectivity index (χ0) is 15.2. The normalized spacial score (nSPS) is 23.7. The third kappa shape index (κ3) is 2.31. The lowest BCUT2D eigenvalue weighted by Gasteiger charge is -2.18. The molecule has 8 heteroatoms. The summed E-state index contributed by atoms with van der Waals surface area (Å²) < 4.78 is 31.1. The van der Waals surface area contributed by atoms with Gasteiger partial charge < -0.3 is 14.6 Å². The van der Waals surface area contributed by atoms with Gasteiger partial charge in [0, 0.05) is 24.4 Å². The highest BCUT2D eigenvalue weighted by molar-refractivity contribution is 7.89. The van der Waals surface area contributed by atoms with Gasteiger partial charge in [-0.2, -0.15) is 4.31 Å². The van der Waals surface area contributed by atoms with Crippen molar-refractivity contribution in [2.45, 2.75) is 23.7 Å². The maximum Gasteiger partial charge on any atom is 0.322 e. The first-order valence-corrected chi connectivity index (χ1v) is 7.75. The number of hydrogen-bond donors (Lipinski definition) is 2. The van der Waals surface area contributed by atoms with E-state index in [9.17, 15) is 18.3 Å². The van der Waals surface area contributed by atoms with Gasteiger partial charge in [0.1, 0.15) is 11.6 Å². The maximum atomic E-state index is 12.5. The fourth-order valence-electron chi connectivity index (χ4n) is 2.47. The first-order valence-electron chi connectivity index (χ1n) is 6.31. The molecule has 1 aromatic carbocycles. The fourth-order valence-corrected chi connectivity index (χ4v) is 4.06. The molecule has 0 unspecified atom stereocenters. The highest BCUT2D eigenvalue weighted by atomic mass is 32.2. The number of fused-ring (bicyclic) bond motifs is 1. The average molecular weight is 311 g/mol. The van der Waals surface area contributed by atoms with E-state index in [0.29, 0.717) is 11.0 Å². The molecule has 0 aliphatic carbocycles. The van der Waals surface area contributed by atoms with Crippen LogP contribution in [0.5, 0.6) is 0 Å². The number of furan rings is 1. The summed E-state index contributed by atoms with van der Waals surface area (Å²) in [4.78, 5) is 11.2. The van der Waals surface area contributed by atoms with E-state index < -0.39 is 28.1 Å². The molecule has 0 amide bonds. The van der Waals surface area contributed by atoms with Crippen LogP contribution in [0.25, 0.3) is 11.0 Å². The van der Waals surface area contributed by atoms with E-state index in [0.717, 1.165) is 4.31 Å². The minimum absolute atomic E-state index is 0.130. The van der Waals surface area contributed by atoms with Crippen molar-refractivity contribution < 1.29 is 27.8 Å². The molecule has 1 aromatic heterocycles. The van der Waals surface area contributed by atoms with Gasteiger partial charge in [0.25, 0.3) is 10.0 Å². The van der Waals surface area contributed by atoms with Crippen LogP contribution in [0.3, 0.4) is 0 Å². The van der Waals surface area contributed by atoms with Gasteiger partial charge >= 0.3 is 5.97 Å². The van der Waals surface area contributed by atoms with E-state index in [1.807, 2.05) is 0 Å². The van der Waals surface area contributed by atoms with Crippen molar-refractivity contribution in [3.63, 3.8) is 0 Å². The Morgan fingerprint density at radius 3 is 2.71 bits per heavy atom. The molecule has 7 nitrogen and oxygen atoms in total. The summed E-state index contributed by atoms with van der Waals surface area (Å²) in [6.45, 7) is -0.254. The Bertz CT molecular complexity index is 763. The van der Waals surface area contributed by atoms with Gasteiger partial charge in [-0.25, -0.2) is 8.42 Å². The molecular weight excluding hydrogens is 298 g/mol. The van der Waals surface area contributed by atoms with Gasteiger partial charge in [-0.15, -0.1) is 0 Å². The number of nitrogens with zero attached hydrogens (tertiary/aromatic N) is 1. The average Bonchev–Trinajstić information content (AvgIpc) is 3.02. The number of para-hydroxylation sites is 1. The van der Waals surface area contributed by atoms with E-state index >= 15 is 0 Å². The standard InChI is InChI=1S/C13H13NO6S/c15-9-6-10(13(16)17)14(7-9)21(18,19)12-5-8-3-1-2-4-11(8)20-12/h1-5,9-10,15H,6-7H2,(H,16,17)/t9-,10+/m1/s1. The largest absolute Gasteiger partial charge is 0.480 e. The number of aliphatic hydroxyl groups excluding tert-OH is 1. The predicted molar refractivity (Wildman–Crippen MR) is 72.2 cm³/mol. The first-order chi connectivity index (χ1) is 9.89. The third-order valence-corrected chi connectivity index (χ3v) is 5.22. The molecule has 0 bridgehead atoms. The Hall–Kier alpha value is -1.90. The van der Waals surface area contributed by atoms with Crippen LogP contribution >= 0.6 is 0 Å². The molecule has 1 aliphatic rings. The van der Waals surface area contributed by atoms with Gasteiger partial charge in [-0.1, -0.05) is 18.2 Å². The number of rotatable bonds is 3. The highest BCUT2D eigenvalue weighted by Crippen LogP contribution is 2.30. The van der Waals surface area contributed by atoms with Gasteiger partial charge in [0.15, 0.2) is 0 Å². The smallest absolute Gasteiger partial charge is 0.322 e. The molecule has 0 saturated carbocycles. The second-order valence-corrected chi connectivity index (χ2v) is 6.74. The van der Waals surface area contributed by atoms with Crippen LogP contribution in [0.2, 0.25) is 0 Å². The van der Waals surface area contributed by atoms with Crippen molar-refractivity contribution >= 4 is 27.0 Å². The molecule has 1 fully saturated rings. The second kappa shape index (κ2) is 4.83. The molecule has 3 rings (SSSR count). The minimum atomic E-state index is -4.10. The van der Waals surface area contributed by atoms with E-state index in [-0.39, 0.29) is 18.1 Å². The number of sulfonamides is 1. The van der Waals surface area contributed by atoms with Crippen LogP contribution in [0.1, 0.15) is 6.42 Å². The molecule has 2 atom stereocenters. The highest BCUT2D eigenvalue weighted by Gasteiger charge is 2.44. The molecule has 2 heterocycles. The second-order valence-electron chi connectivity index (χ2n) is 4.92. The number of aliphatic hydroxyl groups is 1. The van der Waals surface area contributed by atoms with E-state index in [1.54, 1.807) is 24.3 Å². The molecule has 1 aliphatic heterocycles. The van der Waals surface area contributed by atoms with Crippen LogP contribution in [-0.4, -0.2) is 47.6 Å². The zero-order valence-corrected chi connectivity index (χ0v) is 11.7. The van der Waals surface area contributed by atoms with Crippen molar-refractivity contribution in [3.05, 3.63) is 30.3 Å². The summed E-state index contributed by atoms with van der Waals surface area (Å²) in [6.07, 6.45) is -1.13. The van der Waals surface area contributed by atoms with Gasteiger partial charge in [-0.3, -0.25) is 4.79 Å². The number of carboxylic acid groups (broad SMARTS) is 1. The first kappa shape index (κ1) is 14.1. The van der Waals surface area contributed by atoms with Crippen molar-refractivity contribution in [2.75, 3.05) is 6.54 Å². The number of hydrogen-bond acceptors (Lipinski definition) is 5. The van der Waals surface area contributed by atoms with Crippen molar-refractivity contribution in [1.29, 1.82) is 0 Å². The molecule has 1 saturated heterocycles. The summed E-state index contributed by atoms with van der Waals surface area (Å²) in [5.74, 6) is -1.29. The SMILES string of the molecule is O=C(O)[C@@H]1C[C@@H](O)CN1S(=O)(=O)c1cc2ccccc2o1. The molecule has 0 spiro atoms. The molecule has 2 N–H and O–H groups in total. The predicted octanol–water partition coefficient (Wildman–Crippen LogP) is 0.641. The molecule has 0 radical (unpaired) electrons. The summed E-state index contributed by atoms with van der Waals surface area (Å²) in [7, 11) is -4.10. The topological polar surface area (TPSA) is 108 Å². The summed E-state index contributed by atoms with van der Waals surface area (Å²) in [6, 6.07) is 6.86. The quantitative estimate of drug-likeness (QED) is 0.861. The number of aliphatic carboxylic acids is 1. The molecule has 112 valence electrons. The van der Waals surface area contributed by atoms with Crippen molar-refractivity contribution in [2.24, 2.45) is 0 Å². The van der Waals surface area contributed by atoms with Crippen LogP contribution in [0.4, 0.5) is 0 Å². The Kier molecular flexibility index (Phi) is 3.23. The minimum Gasteiger partial charge on any atom is -0.480 e. The number of carbonyl (C=O) groups is 1. The Morgan fingerprint density at radius 1 is 1.33 bits per heavy atom. The van der Waals surface area contributed by atoms with Gasteiger partial charge in [-0.05, 0) is 6.07 Å². The lowest BCUT2D eigenvalue weighted by molar-refractivity contribution is -0.140. The molecular formula is C13H13NO6S. The van der Waals surface area contributed by atoms with E-state index in [2.05, 4.69) is 0 Å². The Labute approximate surface area is 120 Å². The molecule has 21 heavy (non-hydrogen) atoms. The van der Waals surface area contributed by atoms with Gasteiger partial charge in [0.05, 0.1) is 6.10 Å². The van der Waals surface area contributed by atoms with Crippen LogP contribution in [-0.2, 0) is 14.8 Å². The zero-order valence-electron chi connectivity index (χ0n) is 10.8. The summed E-state index contributed by atoms with van der Waals surface area (Å²) >= 11 is 0. The van der Waals surface area contributed by atoms with Crippen LogP contribution in [0.15, 0.2) is 39.8 Å². The Morgan fingerprint density at radius 2 is 2.05 bits per heavy atom. The number of benzene rings is 1.